The number of carbonyl (C=O) groups excluding carboxylic acids is 1. The predicted molar refractivity (Wildman–Crippen MR) is 125 cm³/mol. The van der Waals surface area contributed by atoms with Gasteiger partial charge < -0.3 is 4.74 Å². The molecule has 4 rings (SSSR count). The molecule has 0 saturated heterocycles. The number of benzene rings is 1. The quantitative estimate of drug-likeness (QED) is 0.443. The third kappa shape index (κ3) is 4.37. The molecular weight excluding hydrogens is 387 g/mol. The Balaban J connectivity index is 1.76. The molecule has 0 radical (unpaired) electrons. The molecule has 1 atom stereocenters. The number of halogens is 1. The highest BCUT2D eigenvalue weighted by atomic mass is 19.1. The molecule has 1 unspecified atom stereocenters. The summed E-state index contributed by atoms with van der Waals surface area (Å²) in [5.41, 5.74) is 7.02. The van der Waals surface area contributed by atoms with Crippen molar-refractivity contribution in [2.24, 2.45) is 5.92 Å². The number of fused-ring (bicyclic) bond motifs is 2. The molecule has 31 heavy (non-hydrogen) atoms. The number of unbranched alkanes of at least 4 members (excludes halogenated alkanes) is 3. The van der Waals surface area contributed by atoms with Crippen LogP contribution in [0.1, 0.15) is 64.0 Å². The Kier molecular flexibility index (Phi) is 6.41. The van der Waals surface area contributed by atoms with Gasteiger partial charge in [0.25, 0.3) is 0 Å². The van der Waals surface area contributed by atoms with Gasteiger partial charge in [-0.25, -0.2) is 4.39 Å². The van der Waals surface area contributed by atoms with Gasteiger partial charge in [-0.3, -0.25) is 4.79 Å². The number of ketones is 1. The Labute approximate surface area is 184 Å². The second kappa shape index (κ2) is 9.21. The molecule has 3 aliphatic carbocycles. The van der Waals surface area contributed by atoms with Crippen LogP contribution < -0.4 is 4.74 Å². The minimum atomic E-state index is -0.313. The number of hydrogen-bond acceptors (Lipinski definition) is 2. The molecule has 0 saturated carbocycles. The van der Waals surface area contributed by atoms with E-state index in [4.69, 9.17) is 4.74 Å². The van der Waals surface area contributed by atoms with Gasteiger partial charge in [0.15, 0.2) is 17.3 Å². The maximum Gasteiger partial charge on any atom is 0.181 e. The second-order valence-electron chi connectivity index (χ2n) is 8.86. The molecular formula is C28H31FO2. The van der Waals surface area contributed by atoms with Crippen LogP contribution in [0, 0.1) is 11.7 Å². The predicted octanol–water partition coefficient (Wildman–Crippen LogP) is 7.07. The van der Waals surface area contributed by atoms with Crippen molar-refractivity contribution in [1.29, 1.82) is 0 Å². The number of carbonyl (C=O) groups is 1. The van der Waals surface area contributed by atoms with E-state index in [0.717, 1.165) is 59.1 Å². The van der Waals surface area contributed by atoms with Crippen LogP contribution in [-0.4, -0.2) is 12.4 Å². The molecule has 0 N–H and O–H groups in total. The summed E-state index contributed by atoms with van der Waals surface area (Å²) in [6.45, 7) is 6.75. The van der Waals surface area contributed by atoms with Crippen molar-refractivity contribution in [2.45, 2.75) is 59.3 Å². The van der Waals surface area contributed by atoms with E-state index in [1.54, 1.807) is 12.1 Å². The first kappa shape index (κ1) is 21.5. The van der Waals surface area contributed by atoms with Crippen LogP contribution >= 0.6 is 0 Å². The van der Waals surface area contributed by atoms with Gasteiger partial charge in [-0.2, -0.15) is 0 Å². The summed E-state index contributed by atoms with van der Waals surface area (Å²) in [5.74, 6) is 0.398. The summed E-state index contributed by atoms with van der Waals surface area (Å²) in [6.07, 6.45) is 16.1. The van der Waals surface area contributed by atoms with Crippen molar-refractivity contribution in [2.75, 3.05) is 6.61 Å². The summed E-state index contributed by atoms with van der Waals surface area (Å²) in [5, 5.41) is 0. The molecule has 0 bridgehead atoms. The van der Waals surface area contributed by atoms with Crippen LogP contribution in [-0.2, 0) is 11.2 Å². The number of hydrogen-bond donors (Lipinski definition) is 0. The Morgan fingerprint density at radius 2 is 2.00 bits per heavy atom. The topological polar surface area (TPSA) is 26.3 Å². The zero-order valence-electron chi connectivity index (χ0n) is 18.8. The van der Waals surface area contributed by atoms with Gasteiger partial charge in [-0.05, 0) is 95.4 Å². The Bertz CT molecular complexity index is 1050. The Morgan fingerprint density at radius 1 is 1.16 bits per heavy atom. The van der Waals surface area contributed by atoms with Crippen molar-refractivity contribution in [3.63, 3.8) is 0 Å². The first-order chi connectivity index (χ1) is 15.0. The average Bonchev–Trinajstić information content (AvgIpc) is 2.74. The molecule has 3 aliphatic rings. The fourth-order valence-corrected chi connectivity index (χ4v) is 4.64. The molecule has 3 heteroatoms. The van der Waals surface area contributed by atoms with Crippen LogP contribution in [0.25, 0.3) is 5.57 Å². The molecule has 0 fully saturated rings. The van der Waals surface area contributed by atoms with E-state index in [0.29, 0.717) is 24.7 Å². The lowest BCUT2D eigenvalue weighted by Gasteiger charge is -2.31. The number of allylic oxidation sites excluding steroid dienone is 10. The Hall–Kier alpha value is -2.68. The van der Waals surface area contributed by atoms with Crippen LogP contribution in [0.15, 0.2) is 64.8 Å². The fraction of sp³-hybridized carbons (Fsp3) is 0.393. The van der Waals surface area contributed by atoms with Crippen LogP contribution in [0.2, 0.25) is 0 Å². The van der Waals surface area contributed by atoms with Crippen LogP contribution in [0.5, 0.6) is 5.75 Å². The third-order valence-electron chi connectivity index (χ3n) is 6.45. The molecule has 1 aromatic rings. The van der Waals surface area contributed by atoms with E-state index < -0.39 is 0 Å². The monoisotopic (exact) mass is 418 g/mol. The van der Waals surface area contributed by atoms with Gasteiger partial charge in [-0.15, -0.1) is 0 Å². The molecule has 0 aliphatic heterocycles. The van der Waals surface area contributed by atoms with Gasteiger partial charge in [0, 0.05) is 0 Å². The first-order valence-electron chi connectivity index (χ1n) is 11.5. The van der Waals surface area contributed by atoms with Crippen LogP contribution in [0.3, 0.4) is 0 Å². The van der Waals surface area contributed by atoms with Gasteiger partial charge >= 0.3 is 0 Å². The third-order valence-corrected chi connectivity index (χ3v) is 6.45. The zero-order valence-corrected chi connectivity index (χ0v) is 18.8. The Morgan fingerprint density at radius 3 is 2.77 bits per heavy atom. The standard InChI is InChI=1S/C28H31FO2/c1-4-5-6-9-12-31-27-16-21-14-20-15-26(30)19(3)13-23(20)28(24(21)17-25(27)29)22-11-8-7-10-18(22)2/h7-8,11,13,15-18H,4-6,9-10,12,14H2,1-3H3. The first-order valence-corrected chi connectivity index (χ1v) is 11.5. The highest BCUT2D eigenvalue weighted by Crippen LogP contribution is 2.46. The van der Waals surface area contributed by atoms with Crippen molar-refractivity contribution < 1.29 is 13.9 Å². The lowest BCUT2D eigenvalue weighted by Crippen LogP contribution is -2.17. The molecule has 0 aromatic heterocycles. The maximum atomic E-state index is 15.1. The lowest BCUT2D eigenvalue weighted by atomic mass is 9.73. The molecule has 162 valence electrons. The van der Waals surface area contributed by atoms with Gasteiger partial charge in [0.1, 0.15) is 0 Å². The van der Waals surface area contributed by atoms with E-state index in [1.807, 2.05) is 19.1 Å². The number of ether oxygens (including phenoxy) is 1. The molecule has 2 nitrogen and oxygen atoms in total. The highest BCUT2D eigenvalue weighted by molar-refractivity contribution is 6.08. The zero-order chi connectivity index (χ0) is 22.0. The molecule has 0 amide bonds. The van der Waals surface area contributed by atoms with Crippen molar-refractivity contribution in [1.82, 2.24) is 0 Å². The van der Waals surface area contributed by atoms with Crippen molar-refractivity contribution in [3.8, 4) is 5.75 Å². The smallest absolute Gasteiger partial charge is 0.181 e. The molecule has 1 aromatic carbocycles. The van der Waals surface area contributed by atoms with E-state index >= 15 is 4.39 Å². The largest absolute Gasteiger partial charge is 0.491 e. The SMILES string of the molecule is CCCCCCOc1cc2c(cc1F)C(C1=CC=CCC1C)=C1C=C(C)C(=O)C=C1C2. The molecule has 0 spiro atoms. The van der Waals surface area contributed by atoms with Crippen molar-refractivity contribution in [3.05, 3.63) is 81.7 Å². The summed E-state index contributed by atoms with van der Waals surface area (Å²) < 4.78 is 20.9. The van der Waals surface area contributed by atoms with Gasteiger partial charge in [0.2, 0.25) is 0 Å². The highest BCUT2D eigenvalue weighted by Gasteiger charge is 2.30. The maximum absolute atomic E-state index is 15.1. The van der Waals surface area contributed by atoms with Crippen molar-refractivity contribution >= 4 is 11.4 Å². The van der Waals surface area contributed by atoms with Gasteiger partial charge in [0.05, 0.1) is 6.61 Å². The number of rotatable bonds is 7. The second-order valence-corrected chi connectivity index (χ2v) is 8.86. The fourth-order valence-electron chi connectivity index (χ4n) is 4.64. The summed E-state index contributed by atoms with van der Waals surface area (Å²) in [7, 11) is 0. The summed E-state index contributed by atoms with van der Waals surface area (Å²) >= 11 is 0. The van der Waals surface area contributed by atoms with Crippen LogP contribution in [0.4, 0.5) is 4.39 Å². The van der Waals surface area contributed by atoms with E-state index in [9.17, 15) is 4.79 Å². The summed E-state index contributed by atoms with van der Waals surface area (Å²) in [4.78, 5) is 12.4. The lowest BCUT2D eigenvalue weighted by molar-refractivity contribution is -0.111. The van der Waals surface area contributed by atoms with E-state index in [1.165, 1.54) is 12.0 Å². The minimum Gasteiger partial charge on any atom is -0.491 e. The minimum absolute atomic E-state index is 0.0571. The van der Waals surface area contributed by atoms with E-state index in [2.05, 4.69) is 32.1 Å². The van der Waals surface area contributed by atoms with Gasteiger partial charge in [-0.1, -0.05) is 51.3 Å². The molecule has 0 heterocycles. The van der Waals surface area contributed by atoms with E-state index in [-0.39, 0.29) is 11.6 Å². The average molecular weight is 419 g/mol. The normalized spacial score (nSPS) is 20.1. The summed E-state index contributed by atoms with van der Waals surface area (Å²) in [6, 6.07) is 3.49.